The molecule has 0 radical (unpaired) electrons. The normalized spacial score (nSPS) is 12.5. The van der Waals surface area contributed by atoms with Gasteiger partial charge in [-0.25, -0.2) is 4.98 Å². The molecule has 28 heavy (non-hydrogen) atoms. The minimum Gasteiger partial charge on any atom is -0.394 e. The summed E-state index contributed by atoms with van der Waals surface area (Å²) < 4.78 is 1.56. The van der Waals surface area contributed by atoms with Gasteiger partial charge in [0.25, 0.3) is 11.5 Å². The molecule has 7 heteroatoms. The van der Waals surface area contributed by atoms with Crippen molar-refractivity contribution < 1.29 is 9.90 Å². The Kier molecular flexibility index (Phi) is 5.65. The summed E-state index contributed by atoms with van der Waals surface area (Å²) in [5.41, 5.74) is 3.78. The number of H-pyrrole nitrogens is 1. The molecule has 7 nitrogen and oxygen atoms in total. The van der Waals surface area contributed by atoms with E-state index in [-0.39, 0.29) is 29.5 Å². The molecule has 1 amide bonds. The molecule has 0 unspecified atom stereocenters. The molecule has 0 fully saturated rings. The third kappa shape index (κ3) is 4.14. The maximum absolute atomic E-state index is 12.5. The highest BCUT2D eigenvalue weighted by molar-refractivity contribution is 5.93. The van der Waals surface area contributed by atoms with Crippen LogP contribution in [0.25, 0.3) is 16.9 Å². The number of benzene rings is 1. The van der Waals surface area contributed by atoms with E-state index in [1.54, 1.807) is 10.6 Å². The van der Waals surface area contributed by atoms with Crippen molar-refractivity contribution in [2.75, 3.05) is 6.61 Å². The fourth-order valence-corrected chi connectivity index (χ4v) is 3.18. The van der Waals surface area contributed by atoms with E-state index in [1.165, 1.54) is 11.8 Å². The molecular weight excluding hydrogens is 356 g/mol. The SMILES string of the molecule is Cc1ccc(-c2cn3cc(C(=O)N[C@H](CO)CC(C)C)nc3c(=O)[nH]2)cc1C. The molecule has 2 heterocycles. The summed E-state index contributed by atoms with van der Waals surface area (Å²) in [4.78, 5) is 32.0. The second kappa shape index (κ2) is 7.98. The molecule has 0 bridgehead atoms. The van der Waals surface area contributed by atoms with E-state index < -0.39 is 5.91 Å². The number of amides is 1. The van der Waals surface area contributed by atoms with Crippen LogP contribution in [0.5, 0.6) is 0 Å². The number of rotatable bonds is 6. The van der Waals surface area contributed by atoms with Gasteiger partial charge in [0.05, 0.1) is 18.3 Å². The van der Waals surface area contributed by atoms with Crippen LogP contribution in [0.2, 0.25) is 0 Å². The average molecular weight is 382 g/mol. The van der Waals surface area contributed by atoms with Crippen LogP contribution < -0.4 is 10.9 Å². The number of fused-ring (bicyclic) bond motifs is 1. The fourth-order valence-electron chi connectivity index (χ4n) is 3.18. The van der Waals surface area contributed by atoms with Crippen molar-refractivity contribution in [1.82, 2.24) is 19.7 Å². The molecule has 0 saturated heterocycles. The lowest BCUT2D eigenvalue weighted by atomic mass is 10.0. The Morgan fingerprint density at radius 3 is 2.64 bits per heavy atom. The third-order valence-corrected chi connectivity index (χ3v) is 4.81. The van der Waals surface area contributed by atoms with Crippen molar-refractivity contribution in [3.8, 4) is 11.3 Å². The smallest absolute Gasteiger partial charge is 0.292 e. The number of nitrogens with zero attached hydrogens (tertiary/aromatic N) is 2. The second-order valence-corrected chi connectivity index (χ2v) is 7.64. The first-order valence-electron chi connectivity index (χ1n) is 9.40. The predicted molar refractivity (Wildman–Crippen MR) is 109 cm³/mol. The minimum atomic E-state index is -0.407. The molecule has 148 valence electrons. The number of aliphatic hydroxyl groups is 1. The first kappa shape index (κ1) is 19.8. The van der Waals surface area contributed by atoms with Gasteiger partial charge in [-0.3, -0.25) is 14.0 Å². The van der Waals surface area contributed by atoms with Gasteiger partial charge in [0.15, 0.2) is 0 Å². The second-order valence-electron chi connectivity index (χ2n) is 7.64. The summed E-state index contributed by atoms with van der Waals surface area (Å²) in [5.74, 6) is -0.0718. The maximum Gasteiger partial charge on any atom is 0.292 e. The average Bonchev–Trinajstić information content (AvgIpc) is 3.08. The van der Waals surface area contributed by atoms with E-state index in [2.05, 4.69) is 15.3 Å². The quantitative estimate of drug-likeness (QED) is 0.610. The van der Waals surface area contributed by atoms with Crippen molar-refractivity contribution in [2.45, 2.75) is 40.2 Å². The Labute approximate surface area is 163 Å². The number of aliphatic hydroxyl groups excluding tert-OH is 1. The van der Waals surface area contributed by atoms with Gasteiger partial charge >= 0.3 is 0 Å². The van der Waals surface area contributed by atoms with Crippen LogP contribution in [-0.2, 0) is 0 Å². The lowest BCUT2D eigenvalue weighted by Gasteiger charge is -2.17. The van der Waals surface area contributed by atoms with Gasteiger partial charge in [0.1, 0.15) is 5.69 Å². The Bertz CT molecular complexity index is 1070. The van der Waals surface area contributed by atoms with Crippen LogP contribution in [0.4, 0.5) is 0 Å². The van der Waals surface area contributed by atoms with Gasteiger partial charge in [-0.05, 0) is 48.9 Å². The van der Waals surface area contributed by atoms with Gasteiger partial charge in [-0.15, -0.1) is 0 Å². The zero-order valence-corrected chi connectivity index (χ0v) is 16.6. The number of nitrogens with one attached hydrogen (secondary N) is 2. The number of hydrogen-bond acceptors (Lipinski definition) is 4. The highest BCUT2D eigenvalue weighted by Gasteiger charge is 2.18. The lowest BCUT2D eigenvalue weighted by Crippen LogP contribution is -2.38. The fraction of sp³-hybridized carbons (Fsp3) is 0.381. The summed E-state index contributed by atoms with van der Waals surface area (Å²) in [6.45, 7) is 7.95. The first-order chi connectivity index (χ1) is 13.3. The van der Waals surface area contributed by atoms with Crippen molar-refractivity contribution in [1.29, 1.82) is 0 Å². The van der Waals surface area contributed by atoms with E-state index in [9.17, 15) is 14.7 Å². The molecule has 0 saturated carbocycles. The summed E-state index contributed by atoms with van der Waals surface area (Å²) in [5, 5.41) is 12.2. The monoisotopic (exact) mass is 382 g/mol. The van der Waals surface area contributed by atoms with Crippen LogP contribution in [0.3, 0.4) is 0 Å². The summed E-state index contributed by atoms with van der Waals surface area (Å²) >= 11 is 0. The molecule has 1 aromatic carbocycles. The highest BCUT2D eigenvalue weighted by Crippen LogP contribution is 2.20. The lowest BCUT2D eigenvalue weighted by molar-refractivity contribution is 0.0904. The molecule has 0 spiro atoms. The number of hydrogen-bond donors (Lipinski definition) is 3. The van der Waals surface area contributed by atoms with Gasteiger partial charge in [-0.2, -0.15) is 0 Å². The number of carbonyl (C=O) groups is 1. The van der Waals surface area contributed by atoms with Gasteiger partial charge in [0.2, 0.25) is 5.65 Å². The third-order valence-electron chi connectivity index (χ3n) is 4.81. The molecule has 2 aromatic heterocycles. The molecule has 0 aliphatic heterocycles. The standard InChI is InChI=1S/C21H26N4O3/c1-12(2)7-16(11-26)22-20(27)18-10-25-9-17(24-21(28)19(25)23-18)15-6-5-13(3)14(4)8-15/h5-6,8-10,12,16,26H,7,11H2,1-4H3,(H,22,27)(H,24,28)/t16-/m0/s1. The number of aromatic amines is 1. The largest absolute Gasteiger partial charge is 0.394 e. The van der Waals surface area contributed by atoms with Gasteiger partial charge in [-0.1, -0.05) is 26.0 Å². The van der Waals surface area contributed by atoms with E-state index >= 15 is 0 Å². The van der Waals surface area contributed by atoms with E-state index in [0.717, 1.165) is 11.1 Å². The number of aromatic nitrogens is 3. The Hall–Kier alpha value is -2.93. The van der Waals surface area contributed by atoms with Crippen molar-refractivity contribution in [2.24, 2.45) is 5.92 Å². The summed E-state index contributed by atoms with van der Waals surface area (Å²) in [7, 11) is 0. The molecule has 0 aliphatic rings. The number of imidazole rings is 1. The predicted octanol–water partition coefficient (Wildman–Crippen LogP) is 2.44. The van der Waals surface area contributed by atoms with Crippen molar-refractivity contribution in [3.63, 3.8) is 0 Å². The van der Waals surface area contributed by atoms with Crippen LogP contribution in [0, 0.1) is 19.8 Å². The molecule has 3 aromatic rings. The van der Waals surface area contributed by atoms with Crippen LogP contribution in [-0.4, -0.2) is 38.0 Å². The number of carbonyl (C=O) groups excluding carboxylic acids is 1. The van der Waals surface area contributed by atoms with E-state index in [4.69, 9.17) is 0 Å². The Morgan fingerprint density at radius 2 is 2.00 bits per heavy atom. The van der Waals surface area contributed by atoms with Crippen molar-refractivity contribution in [3.05, 3.63) is 57.8 Å². The minimum absolute atomic E-state index is 0.143. The Morgan fingerprint density at radius 1 is 1.25 bits per heavy atom. The molecule has 1 atom stereocenters. The van der Waals surface area contributed by atoms with Gasteiger partial charge in [0, 0.05) is 12.4 Å². The topological polar surface area (TPSA) is 99.5 Å². The zero-order valence-electron chi connectivity index (χ0n) is 16.6. The van der Waals surface area contributed by atoms with E-state index in [0.29, 0.717) is 18.0 Å². The van der Waals surface area contributed by atoms with Gasteiger partial charge < -0.3 is 15.4 Å². The summed E-state index contributed by atoms with van der Waals surface area (Å²) in [6, 6.07) is 5.61. The maximum atomic E-state index is 12.5. The first-order valence-corrected chi connectivity index (χ1v) is 9.40. The molecular formula is C21H26N4O3. The number of aryl methyl sites for hydroxylation is 2. The van der Waals surface area contributed by atoms with Crippen LogP contribution >= 0.6 is 0 Å². The molecule has 3 N–H and O–H groups in total. The molecule has 0 aliphatic carbocycles. The highest BCUT2D eigenvalue weighted by atomic mass is 16.3. The van der Waals surface area contributed by atoms with Crippen LogP contribution in [0.15, 0.2) is 35.4 Å². The molecule has 3 rings (SSSR count). The van der Waals surface area contributed by atoms with E-state index in [1.807, 2.05) is 45.9 Å². The summed E-state index contributed by atoms with van der Waals surface area (Å²) in [6.07, 6.45) is 3.95. The van der Waals surface area contributed by atoms with Crippen molar-refractivity contribution >= 4 is 11.6 Å². The zero-order chi connectivity index (χ0) is 20.4. The van der Waals surface area contributed by atoms with Crippen LogP contribution in [0.1, 0.15) is 41.9 Å². The Balaban J connectivity index is 1.93.